The normalized spacial score (nSPS) is 10.5. The minimum Gasteiger partial charge on any atom is -0.497 e. The molecule has 0 saturated heterocycles. The first kappa shape index (κ1) is 19.9. The highest BCUT2D eigenvalue weighted by molar-refractivity contribution is 5.83. The number of benzene rings is 3. The van der Waals surface area contributed by atoms with Crippen molar-refractivity contribution in [3.05, 3.63) is 90.0 Å². The summed E-state index contributed by atoms with van der Waals surface area (Å²) in [5, 5.41) is 3.94. The molecule has 6 heteroatoms. The third kappa shape index (κ3) is 6.70. The average molecular weight is 390 g/mol. The fourth-order valence-electron chi connectivity index (χ4n) is 2.44. The van der Waals surface area contributed by atoms with Gasteiger partial charge in [0.1, 0.15) is 23.9 Å². The summed E-state index contributed by atoms with van der Waals surface area (Å²) < 4.78 is 16.3. The fraction of sp³-hybridized carbons (Fsp3) is 0.130. The molecule has 0 bridgehead atoms. The van der Waals surface area contributed by atoms with E-state index in [1.54, 1.807) is 37.6 Å². The van der Waals surface area contributed by atoms with Crippen molar-refractivity contribution in [2.24, 2.45) is 5.10 Å². The second-order valence-corrected chi connectivity index (χ2v) is 6.10. The van der Waals surface area contributed by atoms with Gasteiger partial charge < -0.3 is 14.2 Å². The minimum atomic E-state index is -0.355. The number of carbonyl (C=O) groups is 1. The maximum Gasteiger partial charge on any atom is 0.277 e. The summed E-state index contributed by atoms with van der Waals surface area (Å²) in [7, 11) is 1.57. The SMILES string of the molecule is COc1cccc(OCC(=O)N/N=C/c2ccc(OCc3ccccc3)cc2)c1. The molecular formula is C23H22N2O4. The molecule has 1 N–H and O–H groups in total. The maximum atomic E-state index is 11.8. The number of hydrogen-bond donors (Lipinski definition) is 1. The molecule has 3 rings (SSSR count). The molecule has 0 aliphatic rings. The third-order valence-corrected chi connectivity index (χ3v) is 3.94. The Kier molecular flexibility index (Phi) is 7.23. The Morgan fingerprint density at radius 2 is 1.66 bits per heavy atom. The number of nitrogens with zero attached hydrogens (tertiary/aromatic N) is 1. The van der Waals surface area contributed by atoms with Crippen molar-refractivity contribution >= 4 is 12.1 Å². The van der Waals surface area contributed by atoms with Crippen LogP contribution in [0.25, 0.3) is 0 Å². The summed E-state index contributed by atoms with van der Waals surface area (Å²) in [6.07, 6.45) is 1.56. The average Bonchev–Trinajstić information content (AvgIpc) is 2.78. The number of amides is 1. The molecule has 0 aromatic heterocycles. The summed E-state index contributed by atoms with van der Waals surface area (Å²) in [4.78, 5) is 11.8. The summed E-state index contributed by atoms with van der Waals surface area (Å²) in [6, 6.07) is 24.5. The first-order chi connectivity index (χ1) is 14.2. The summed E-state index contributed by atoms with van der Waals surface area (Å²) >= 11 is 0. The molecule has 6 nitrogen and oxygen atoms in total. The van der Waals surface area contributed by atoms with Crippen LogP contribution in [0.5, 0.6) is 17.2 Å². The number of carbonyl (C=O) groups excluding carboxylic acids is 1. The lowest BCUT2D eigenvalue weighted by Crippen LogP contribution is -2.24. The van der Waals surface area contributed by atoms with Gasteiger partial charge in [0.15, 0.2) is 6.61 Å². The topological polar surface area (TPSA) is 69.2 Å². The Bertz CT molecular complexity index is 941. The van der Waals surface area contributed by atoms with E-state index in [-0.39, 0.29) is 12.5 Å². The monoisotopic (exact) mass is 390 g/mol. The van der Waals surface area contributed by atoms with Crippen molar-refractivity contribution in [1.82, 2.24) is 5.43 Å². The van der Waals surface area contributed by atoms with Crippen molar-refractivity contribution in [3.63, 3.8) is 0 Å². The number of hydrogen-bond acceptors (Lipinski definition) is 5. The molecule has 1 amide bonds. The maximum absolute atomic E-state index is 11.8. The van der Waals surface area contributed by atoms with E-state index in [1.807, 2.05) is 54.6 Å². The summed E-state index contributed by atoms with van der Waals surface area (Å²) in [6.45, 7) is 0.369. The highest BCUT2D eigenvalue weighted by Gasteiger charge is 2.02. The Morgan fingerprint density at radius 3 is 2.41 bits per heavy atom. The van der Waals surface area contributed by atoms with Crippen LogP contribution in [0.3, 0.4) is 0 Å². The van der Waals surface area contributed by atoms with E-state index < -0.39 is 0 Å². The second kappa shape index (κ2) is 10.5. The Morgan fingerprint density at radius 1 is 0.897 bits per heavy atom. The lowest BCUT2D eigenvalue weighted by molar-refractivity contribution is -0.123. The molecule has 0 atom stereocenters. The van der Waals surface area contributed by atoms with E-state index in [9.17, 15) is 4.79 Å². The van der Waals surface area contributed by atoms with Crippen LogP contribution >= 0.6 is 0 Å². The quantitative estimate of drug-likeness (QED) is 0.446. The molecule has 0 radical (unpaired) electrons. The van der Waals surface area contributed by atoms with Gasteiger partial charge in [-0.1, -0.05) is 36.4 Å². The third-order valence-electron chi connectivity index (χ3n) is 3.94. The van der Waals surface area contributed by atoms with Gasteiger partial charge in [0.05, 0.1) is 13.3 Å². The number of hydrazone groups is 1. The predicted octanol–water partition coefficient (Wildman–Crippen LogP) is 3.80. The Labute approximate surface area is 169 Å². The zero-order chi connectivity index (χ0) is 20.3. The molecule has 148 valence electrons. The first-order valence-electron chi connectivity index (χ1n) is 9.08. The molecule has 3 aromatic carbocycles. The van der Waals surface area contributed by atoms with Crippen LogP contribution in [-0.4, -0.2) is 25.8 Å². The minimum absolute atomic E-state index is 0.142. The van der Waals surface area contributed by atoms with Gasteiger partial charge >= 0.3 is 0 Å². The van der Waals surface area contributed by atoms with E-state index in [1.165, 1.54) is 0 Å². The van der Waals surface area contributed by atoms with Gasteiger partial charge in [0.2, 0.25) is 0 Å². The van der Waals surface area contributed by atoms with E-state index in [2.05, 4.69) is 10.5 Å². The zero-order valence-corrected chi connectivity index (χ0v) is 16.1. The van der Waals surface area contributed by atoms with Crippen LogP contribution in [0.15, 0.2) is 84.0 Å². The van der Waals surface area contributed by atoms with Crippen LogP contribution in [0.2, 0.25) is 0 Å². The van der Waals surface area contributed by atoms with Gasteiger partial charge in [-0.25, -0.2) is 5.43 Å². The van der Waals surface area contributed by atoms with Crippen LogP contribution in [0.4, 0.5) is 0 Å². The molecule has 29 heavy (non-hydrogen) atoms. The number of nitrogens with one attached hydrogen (secondary N) is 1. The van der Waals surface area contributed by atoms with Crippen LogP contribution in [0, 0.1) is 0 Å². The van der Waals surface area contributed by atoms with Crippen LogP contribution in [0.1, 0.15) is 11.1 Å². The van der Waals surface area contributed by atoms with Crippen molar-refractivity contribution in [1.29, 1.82) is 0 Å². The highest BCUT2D eigenvalue weighted by Crippen LogP contribution is 2.18. The highest BCUT2D eigenvalue weighted by atomic mass is 16.5. The first-order valence-corrected chi connectivity index (χ1v) is 9.08. The Hall–Kier alpha value is -3.80. The molecule has 0 spiro atoms. The second-order valence-electron chi connectivity index (χ2n) is 6.10. The van der Waals surface area contributed by atoms with Crippen LogP contribution in [-0.2, 0) is 11.4 Å². The van der Waals surface area contributed by atoms with Gasteiger partial charge in [-0.05, 0) is 47.5 Å². The molecule has 0 unspecified atom stereocenters. The lowest BCUT2D eigenvalue weighted by atomic mass is 10.2. The predicted molar refractivity (Wildman–Crippen MR) is 111 cm³/mol. The molecule has 0 heterocycles. The van der Waals surface area contributed by atoms with E-state index in [0.717, 1.165) is 16.9 Å². The van der Waals surface area contributed by atoms with Crippen molar-refractivity contribution in [2.75, 3.05) is 13.7 Å². The van der Waals surface area contributed by atoms with Crippen LogP contribution < -0.4 is 19.6 Å². The van der Waals surface area contributed by atoms with E-state index >= 15 is 0 Å². The largest absolute Gasteiger partial charge is 0.497 e. The van der Waals surface area contributed by atoms with Gasteiger partial charge in [0, 0.05) is 6.07 Å². The lowest BCUT2D eigenvalue weighted by Gasteiger charge is -2.07. The van der Waals surface area contributed by atoms with E-state index in [0.29, 0.717) is 18.1 Å². The number of rotatable bonds is 9. The zero-order valence-electron chi connectivity index (χ0n) is 16.1. The van der Waals surface area contributed by atoms with Crippen molar-refractivity contribution in [3.8, 4) is 17.2 Å². The fourth-order valence-corrected chi connectivity index (χ4v) is 2.44. The van der Waals surface area contributed by atoms with Gasteiger partial charge in [-0.3, -0.25) is 4.79 Å². The summed E-state index contributed by atoms with van der Waals surface area (Å²) in [5.74, 6) is 1.63. The molecule has 3 aromatic rings. The molecule has 0 fully saturated rings. The van der Waals surface area contributed by atoms with Crippen molar-refractivity contribution < 1.29 is 19.0 Å². The molecule has 0 aliphatic carbocycles. The van der Waals surface area contributed by atoms with Crippen molar-refractivity contribution in [2.45, 2.75) is 6.61 Å². The van der Waals surface area contributed by atoms with Gasteiger partial charge in [-0.15, -0.1) is 0 Å². The summed E-state index contributed by atoms with van der Waals surface area (Å²) in [5.41, 5.74) is 4.38. The van der Waals surface area contributed by atoms with Gasteiger partial charge in [-0.2, -0.15) is 5.10 Å². The number of methoxy groups -OCH3 is 1. The van der Waals surface area contributed by atoms with E-state index in [4.69, 9.17) is 14.2 Å². The smallest absolute Gasteiger partial charge is 0.277 e. The number of ether oxygens (including phenoxy) is 3. The standard InChI is InChI=1S/C23H22N2O4/c1-27-21-8-5-9-22(14-21)29-17-23(26)25-24-15-18-10-12-20(13-11-18)28-16-19-6-3-2-4-7-19/h2-15H,16-17H2,1H3,(H,25,26)/b24-15+. The molecule has 0 aliphatic heterocycles. The molecular weight excluding hydrogens is 368 g/mol. The van der Waals surface area contributed by atoms with Gasteiger partial charge in [0.25, 0.3) is 5.91 Å². The Balaban J connectivity index is 1.41. The molecule has 0 saturated carbocycles.